The van der Waals surface area contributed by atoms with E-state index in [1.54, 1.807) is 22.8 Å². The van der Waals surface area contributed by atoms with Gasteiger partial charge in [0, 0.05) is 18.5 Å². The molecule has 0 unspecified atom stereocenters. The fraction of sp³-hybridized carbons (Fsp3) is 0.273. The molecule has 2 N–H and O–H groups in total. The zero-order valence-corrected chi connectivity index (χ0v) is 9.94. The van der Waals surface area contributed by atoms with Crippen molar-refractivity contribution in [1.82, 2.24) is 14.8 Å². The Morgan fingerprint density at radius 3 is 2.62 bits per heavy atom. The van der Waals surface area contributed by atoms with Gasteiger partial charge in [0.05, 0.1) is 5.75 Å². The summed E-state index contributed by atoms with van der Waals surface area (Å²) < 4.78 is 1.79. The molecule has 5 heteroatoms. The predicted octanol–water partition coefficient (Wildman–Crippen LogP) is 1.57. The summed E-state index contributed by atoms with van der Waals surface area (Å²) in [5.41, 5.74) is 6.70. The van der Waals surface area contributed by atoms with Crippen LogP contribution in [0, 0.1) is 0 Å². The van der Waals surface area contributed by atoms with Gasteiger partial charge in [-0.2, -0.15) is 5.10 Å². The summed E-state index contributed by atoms with van der Waals surface area (Å²) >= 11 is 1.75. The van der Waals surface area contributed by atoms with Crippen LogP contribution in [0.15, 0.2) is 35.5 Å². The number of rotatable bonds is 4. The Morgan fingerprint density at radius 1 is 1.31 bits per heavy atom. The number of benzene rings is 1. The molecular formula is C11H14N4S. The van der Waals surface area contributed by atoms with Gasteiger partial charge < -0.3 is 5.73 Å². The van der Waals surface area contributed by atoms with E-state index in [-0.39, 0.29) is 0 Å². The van der Waals surface area contributed by atoms with Gasteiger partial charge in [-0.05, 0) is 17.7 Å². The van der Waals surface area contributed by atoms with Gasteiger partial charge in [0.1, 0.15) is 12.2 Å². The van der Waals surface area contributed by atoms with Crippen LogP contribution in [0.4, 0.5) is 0 Å². The number of nitrogens with zero attached hydrogens (tertiary/aromatic N) is 3. The van der Waals surface area contributed by atoms with Crippen LogP contribution in [0.1, 0.15) is 11.4 Å². The average molecular weight is 234 g/mol. The molecule has 0 saturated carbocycles. The van der Waals surface area contributed by atoms with Gasteiger partial charge in [0.25, 0.3) is 0 Å². The molecule has 0 aliphatic carbocycles. The van der Waals surface area contributed by atoms with Gasteiger partial charge in [-0.3, -0.25) is 4.68 Å². The molecule has 0 spiro atoms. The van der Waals surface area contributed by atoms with E-state index in [0.29, 0.717) is 6.54 Å². The number of aromatic nitrogens is 3. The first kappa shape index (κ1) is 11.2. The Balaban J connectivity index is 1.97. The minimum absolute atomic E-state index is 0.592. The van der Waals surface area contributed by atoms with Crippen LogP contribution in [-0.4, -0.2) is 14.8 Å². The third-order valence-corrected chi connectivity index (χ3v) is 3.34. The summed E-state index contributed by atoms with van der Waals surface area (Å²) in [5, 5.41) is 4.03. The third-order valence-electron chi connectivity index (χ3n) is 2.33. The van der Waals surface area contributed by atoms with Crippen LogP contribution < -0.4 is 5.73 Å². The molecule has 0 fully saturated rings. The molecule has 0 aliphatic heterocycles. The van der Waals surface area contributed by atoms with Crippen LogP contribution in [0.2, 0.25) is 0 Å². The molecule has 1 heterocycles. The molecule has 0 atom stereocenters. The Labute approximate surface area is 98.9 Å². The van der Waals surface area contributed by atoms with Gasteiger partial charge in [0.2, 0.25) is 0 Å². The first-order valence-electron chi connectivity index (χ1n) is 5.04. The summed E-state index contributed by atoms with van der Waals surface area (Å²) in [6, 6.07) is 8.28. The van der Waals surface area contributed by atoms with Crippen molar-refractivity contribution in [3.8, 4) is 0 Å². The predicted molar refractivity (Wildman–Crippen MR) is 64.9 cm³/mol. The van der Waals surface area contributed by atoms with Crippen LogP contribution in [0.3, 0.4) is 0 Å². The van der Waals surface area contributed by atoms with E-state index in [4.69, 9.17) is 5.73 Å². The highest BCUT2D eigenvalue weighted by Gasteiger charge is 2.01. The van der Waals surface area contributed by atoms with Crippen molar-refractivity contribution in [2.45, 2.75) is 17.2 Å². The lowest BCUT2D eigenvalue weighted by Gasteiger charge is -2.02. The van der Waals surface area contributed by atoms with Gasteiger partial charge in [-0.25, -0.2) is 4.98 Å². The lowest BCUT2D eigenvalue weighted by atomic mass is 10.2. The molecule has 1 aromatic heterocycles. The van der Waals surface area contributed by atoms with E-state index in [2.05, 4.69) is 34.3 Å². The van der Waals surface area contributed by atoms with Crippen LogP contribution >= 0.6 is 11.8 Å². The van der Waals surface area contributed by atoms with Crippen molar-refractivity contribution < 1.29 is 0 Å². The number of aryl methyl sites for hydroxylation is 1. The summed E-state index contributed by atoms with van der Waals surface area (Å²) in [5.74, 6) is 1.81. The first-order valence-corrected chi connectivity index (χ1v) is 6.03. The standard InChI is InChI=1S/C11H14N4S/c1-15-11(13-8-14-15)7-16-10-4-2-9(6-12)3-5-10/h2-5,8H,6-7,12H2,1H3. The van der Waals surface area contributed by atoms with E-state index >= 15 is 0 Å². The van der Waals surface area contributed by atoms with E-state index in [1.807, 2.05) is 7.05 Å². The SMILES string of the molecule is Cn1ncnc1CSc1ccc(CN)cc1. The van der Waals surface area contributed by atoms with Crippen LogP contribution in [0.5, 0.6) is 0 Å². The zero-order chi connectivity index (χ0) is 11.4. The molecule has 0 radical (unpaired) electrons. The molecule has 1 aromatic carbocycles. The minimum atomic E-state index is 0.592. The number of nitrogens with two attached hydrogens (primary N) is 1. The maximum atomic E-state index is 5.54. The quantitative estimate of drug-likeness (QED) is 0.816. The lowest BCUT2D eigenvalue weighted by Crippen LogP contribution is -1.97. The fourth-order valence-corrected chi connectivity index (χ4v) is 2.21. The van der Waals surface area contributed by atoms with Crippen molar-refractivity contribution in [3.05, 3.63) is 42.0 Å². The number of hydrogen-bond donors (Lipinski definition) is 1. The summed E-state index contributed by atoms with van der Waals surface area (Å²) in [7, 11) is 1.90. The molecule has 0 aliphatic rings. The summed E-state index contributed by atoms with van der Waals surface area (Å²) in [6.07, 6.45) is 1.58. The Bertz CT molecular complexity index is 449. The van der Waals surface area contributed by atoms with Crippen LogP contribution in [0.25, 0.3) is 0 Å². The fourth-order valence-electron chi connectivity index (χ4n) is 1.32. The van der Waals surface area contributed by atoms with E-state index in [0.717, 1.165) is 17.1 Å². The van der Waals surface area contributed by atoms with Gasteiger partial charge in [0.15, 0.2) is 0 Å². The van der Waals surface area contributed by atoms with Crippen molar-refractivity contribution in [2.24, 2.45) is 12.8 Å². The van der Waals surface area contributed by atoms with Crippen LogP contribution in [-0.2, 0) is 19.3 Å². The zero-order valence-electron chi connectivity index (χ0n) is 9.13. The van der Waals surface area contributed by atoms with Crippen molar-refractivity contribution in [2.75, 3.05) is 0 Å². The maximum Gasteiger partial charge on any atom is 0.138 e. The molecule has 4 nitrogen and oxygen atoms in total. The second-order valence-electron chi connectivity index (χ2n) is 3.44. The minimum Gasteiger partial charge on any atom is -0.326 e. The average Bonchev–Trinajstić information content (AvgIpc) is 2.73. The number of thioether (sulfide) groups is 1. The summed E-state index contributed by atoms with van der Waals surface area (Å²) in [4.78, 5) is 5.40. The second-order valence-corrected chi connectivity index (χ2v) is 4.49. The number of hydrogen-bond acceptors (Lipinski definition) is 4. The Morgan fingerprint density at radius 2 is 2.06 bits per heavy atom. The Kier molecular flexibility index (Phi) is 3.58. The second kappa shape index (κ2) is 5.14. The van der Waals surface area contributed by atoms with E-state index < -0.39 is 0 Å². The van der Waals surface area contributed by atoms with Crippen molar-refractivity contribution in [1.29, 1.82) is 0 Å². The molecule has 84 valence electrons. The normalized spacial score (nSPS) is 10.6. The van der Waals surface area contributed by atoms with Crippen molar-refractivity contribution >= 4 is 11.8 Å². The van der Waals surface area contributed by atoms with E-state index in [9.17, 15) is 0 Å². The highest BCUT2D eigenvalue weighted by molar-refractivity contribution is 7.98. The Hall–Kier alpha value is -1.33. The lowest BCUT2D eigenvalue weighted by molar-refractivity contribution is 0.730. The molecular weight excluding hydrogens is 220 g/mol. The van der Waals surface area contributed by atoms with Gasteiger partial charge in [-0.15, -0.1) is 11.8 Å². The monoisotopic (exact) mass is 234 g/mol. The smallest absolute Gasteiger partial charge is 0.138 e. The highest BCUT2D eigenvalue weighted by atomic mass is 32.2. The highest BCUT2D eigenvalue weighted by Crippen LogP contribution is 2.21. The molecule has 0 saturated heterocycles. The van der Waals surface area contributed by atoms with Crippen molar-refractivity contribution in [3.63, 3.8) is 0 Å². The first-order chi connectivity index (χ1) is 7.79. The third kappa shape index (κ3) is 2.62. The molecule has 16 heavy (non-hydrogen) atoms. The molecule has 0 amide bonds. The molecule has 2 rings (SSSR count). The van der Waals surface area contributed by atoms with Gasteiger partial charge >= 0.3 is 0 Å². The van der Waals surface area contributed by atoms with Gasteiger partial charge in [-0.1, -0.05) is 12.1 Å². The topological polar surface area (TPSA) is 56.7 Å². The molecule has 0 bridgehead atoms. The van der Waals surface area contributed by atoms with E-state index in [1.165, 1.54) is 4.90 Å². The largest absolute Gasteiger partial charge is 0.326 e. The summed E-state index contributed by atoms with van der Waals surface area (Å²) in [6.45, 7) is 0.592. The maximum absolute atomic E-state index is 5.54. The molecule has 2 aromatic rings.